The van der Waals surface area contributed by atoms with Crippen molar-refractivity contribution in [2.24, 2.45) is 0 Å². The molecule has 0 radical (unpaired) electrons. The summed E-state index contributed by atoms with van der Waals surface area (Å²) in [6.45, 7) is 3.73. The smallest absolute Gasteiger partial charge is 0.344 e. The maximum Gasteiger partial charge on any atom is 0.344 e. The fourth-order valence-corrected chi connectivity index (χ4v) is 3.84. The van der Waals surface area contributed by atoms with Gasteiger partial charge < -0.3 is 19.1 Å². The van der Waals surface area contributed by atoms with Crippen LogP contribution in [0.25, 0.3) is 11.0 Å². The molecule has 0 amide bonds. The summed E-state index contributed by atoms with van der Waals surface area (Å²) in [4.78, 5) is 15.7. The van der Waals surface area contributed by atoms with Gasteiger partial charge in [0.25, 0.3) is 0 Å². The summed E-state index contributed by atoms with van der Waals surface area (Å²) in [6, 6.07) is 15.7. The zero-order chi connectivity index (χ0) is 23.7. The van der Waals surface area contributed by atoms with Gasteiger partial charge in [-0.1, -0.05) is 34.8 Å². The average Bonchev–Trinajstić information content (AvgIpc) is 3.02. The number of hydrogen-bond acceptors (Lipinski definition) is 4. The van der Waals surface area contributed by atoms with Gasteiger partial charge in [0.15, 0.2) is 11.9 Å². The van der Waals surface area contributed by atoms with Crippen LogP contribution >= 0.6 is 34.8 Å². The third kappa shape index (κ3) is 5.03. The van der Waals surface area contributed by atoms with Crippen molar-refractivity contribution in [2.45, 2.75) is 26.5 Å². The Morgan fingerprint density at radius 3 is 2.45 bits per heavy atom. The van der Waals surface area contributed by atoms with E-state index in [9.17, 15) is 4.79 Å². The first-order valence-corrected chi connectivity index (χ1v) is 11.1. The molecule has 1 N–H and O–H groups in total. The van der Waals surface area contributed by atoms with E-state index in [1.54, 1.807) is 48.5 Å². The number of halogens is 3. The lowest BCUT2D eigenvalue weighted by molar-refractivity contribution is -0.144. The molecule has 1 atom stereocenters. The van der Waals surface area contributed by atoms with Crippen molar-refractivity contribution in [3.63, 3.8) is 0 Å². The average molecular weight is 506 g/mol. The molecule has 0 fully saturated rings. The van der Waals surface area contributed by atoms with Crippen LogP contribution in [-0.2, 0) is 11.3 Å². The Morgan fingerprint density at radius 1 is 1.06 bits per heavy atom. The molecule has 4 aromatic rings. The summed E-state index contributed by atoms with van der Waals surface area (Å²) in [6.07, 6.45) is -0.993. The van der Waals surface area contributed by atoms with E-state index >= 15 is 0 Å². The minimum atomic E-state index is -1.05. The number of aliphatic carboxylic acids is 1. The number of carboxylic acid groups (broad SMARTS) is 1. The van der Waals surface area contributed by atoms with E-state index in [2.05, 4.69) is 4.98 Å². The van der Waals surface area contributed by atoms with Gasteiger partial charge in [-0.05, 0) is 74.0 Å². The first-order chi connectivity index (χ1) is 15.7. The highest BCUT2D eigenvalue weighted by molar-refractivity contribution is 6.31. The Kier molecular flexibility index (Phi) is 6.70. The lowest BCUT2D eigenvalue weighted by atomic mass is 10.2. The van der Waals surface area contributed by atoms with Gasteiger partial charge in [-0.15, -0.1) is 0 Å². The first kappa shape index (κ1) is 23.2. The summed E-state index contributed by atoms with van der Waals surface area (Å²) in [5, 5.41) is 11.4. The molecule has 0 aliphatic heterocycles. The molecule has 0 saturated carbocycles. The van der Waals surface area contributed by atoms with Crippen molar-refractivity contribution in [2.75, 3.05) is 0 Å². The summed E-state index contributed by atoms with van der Waals surface area (Å²) in [7, 11) is 0. The second-order valence-corrected chi connectivity index (χ2v) is 8.64. The molecule has 0 spiro atoms. The molecule has 6 nitrogen and oxygen atoms in total. The van der Waals surface area contributed by atoms with Crippen LogP contribution in [0.1, 0.15) is 18.2 Å². The Morgan fingerprint density at radius 2 is 1.76 bits per heavy atom. The quantitative estimate of drug-likeness (QED) is 0.274. The molecule has 2 aromatic carbocycles. The molecule has 0 unspecified atom stereocenters. The maximum absolute atomic E-state index is 11.1. The van der Waals surface area contributed by atoms with Crippen LogP contribution in [0.15, 0.2) is 54.6 Å². The van der Waals surface area contributed by atoms with E-state index in [1.165, 1.54) is 6.92 Å². The summed E-state index contributed by atoms with van der Waals surface area (Å²) >= 11 is 18.6. The van der Waals surface area contributed by atoms with Crippen LogP contribution in [-0.4, -0.2) is 26.7 Å². The van der Waals surface area contributed by atoms with Crippen molar-refractivity contribution >= 4 is 51.8 Å². The van der Waals surface area contributed by atoms with Crippen LogP contribution in [0, 0.1) is 6.92 Å². The minimum absolute atomic E-state index is 0.344. The highest BCUT2D eigenvalue weighted by Crippen LogP contribution is 2.37. The van der Waals surface area contributed by atoms with Gasteiger partial charge in [-0.2, -0.15) is 0 Å². The van der Waals surface area contributed by atoms with Crippen molar-refractivity contribution in [1.82, 2.24) is 9.55 Å². The molecule has 33 heavy (non-hydrogen) atoms. The van der Waals surface area contributed by atoms with Crippen LogP contribution in [0.3, 0.4) is 0 Å². The standard InChI is InChI=1S/C24H19Cl3N2O4/c1-13-22(33-17-5-3-16(25)4-6-17)19-8-10-21(27)28-23(19)29(13)12-15-11-18(7-9-20(15)26)32-14(2)24(30)31/h3-11,14H,12H2,1-2H3,(H,30,31)/t14-/m1/s1. The highest BCUT2D eigenvalue weighted by Gasteiger charge is 2.20. The number of benzene rings is 2. The molecule has 170 valence electrons. The molecule has 9 heteroatoms. The summed E-state index contributed by atoms with van der Waals surface area (Å²) in [5.74, 6) is 0.621. The molecular formula is C24H19Cl3N2O4. The molecule has 4 rings (SSSR count). The number of carbonyl (C=O) groups is 1. The second-order valence-electron chi connectivity index (χ2n) is 7.41. The number of pyridine rings is 1. The Balaban J connectivity index is 1.75. The van der Waals surface area contributed by atoms with Crippen LogP contribution in [0.2, 0.25) is 15.2 Å². The number of ether oxygens (including phenoxy) is 2. The molecule has 2 aromatic heterocycles. The third-order valence-corrected chi connectivity index (χ3v) is 5.95. The lowest BCUT2D eigenvalue weighted by Gasteiger charge is -2.14. The van der Waals surface area contributed by atoms with Crippen LogP contribution < -0.4 is 9.47 Å². The third-order valence-electron chi connectivity index (χ3n) is 5.11. The monoisotopic (exact) mass is 504 g/mol. The number of nitrogens with zero attached hydrogens (tertiary/aromatic N) is 2. The van der Waals surface area contributed by atoms with E-state index in [1.807, 2.05) is 17.6 Å². The largest absolute Gasteiger partial charge is 0.479 e. The van der Waals surface area contributed by atoms with Gasteiger partial charge in [0, 0.05) is 10.0 Å². The van der Waals surface area contributed by atoms with E-state index < -0.39 is 12.1 Å². The predicted molar refractivity (Wildman–Crippen MR) is 129 cm³/mol. The predicted octanol–water partition coefficient (Wildman–Crippen LogP) is 7.00. The second kappa shape index (κ2) is 9.51. The van der Waals surface area contributed by atoms with E-state index in [0.717, 1.165) is 16.6 Å². The zero-order valence-electron chi connectivity index (χ0n) is 17.7. The number of fused-ring (bicyclic) bond motifs is 1. The van der Waals surface area contributed by atoms with Gasteiger partial charge in [-0.25, -0.2) is 9.78 Å². The highest BCUT2D eigenvalue weighted by atomic mass is 35.5. The minimum Gasteiger partial charge on any atom is -0.479 e. The van der Waals surface area contributed by atoms with E-state index in [0.29, 0.717) is 44.6 Å². The van der Waals surface area contributed by atoms with Gasteiger partial charge in [-0.3, -0.25) is 0 Å². The van der Waals surface area contributed by atoms with Crippen molar-refractivity contribution in [1.29, 1.82) is 0 Å². The molecule has 0 bridgehead atoms. The van der Waals surface area contributed by atoms with Gasteiger partial charge in [0.2, 0.25) is 0 Å². The van der Waals surface area contributed by atoms with Crippen molar-refractivity contribution in [3.8, 4) is 17.2 Å². The molecule has 2 heterocycles. The Hall–Kier alpha value is -2.93. The Bertz CT molecular complexity index is 1340. The summed E-state index contributed by atoms with van der Waals surface area (Å²) < 4.78 is 13.6. The topological polar surface area (TPSA) is 73.6 Å². The number of rotatable bonds is 7. The van der Waals surface area contributed by atoms with Crippen molar-refractivity contribution < 1.29 is 19.4 Å². The van der Waals surface area contributed by atoms with Crippen molar-refractivity contribution in [3.05, 3.63) is 81.1 Å². The molecule has 0 aliphatic rings. The number of hydrogen-bond donors (Lipinski definition) is 1. The zero-order valence-corrected chi connectivity index (χ0v) is 19.9. The number of aromatic nitrogens is 2. The van der Waals surface area contributed by atoms with Gasteiger partial charge in [0.1, 0.15) is 22.3 Å². The molecule has 0 saturated heterocycles. The van der Waals surface area contributed by atoms with E-state index in [-0.39, 0.29) is 0 Å². The first-order valence-electron chi connectivity index (χ1n) is 9.99. The SMILES string of the molecule is Cc1c(Oc2ccc(Cl)cc2)c2ccc(Cl)nc2n1Cc1cc(O[C@H](C)C(=O)O)ccc1Cl. The Labute approximate surface area is 205 Å². The summed E-state index contributed by atoms with van der Waals surface area (Å²) in [5.41, 5.74) is 2.17. The normalized spacial score (nSPS) is 12.0. The maximum atomic E-state index is 11.1. The van der Waals surface area contributed by atoms with Crippen LogP contribution in [0.4, 0.5) is 0 Å². The number of carboxylic acids is 1. The van der Waals surface area contributed by atoms with Gasteiger partial charge in [0.05, 0.1) is 17.6 Å². The van der Waals surface area contributed by atoms with Crippen LogP contribution in [0.5, 0.6) is 17.2 Å². The molecular weight excluding hydrogens is 487 g/mol. The van der Waals surface area contributed by atoms with Gasteiger partial charge >= 0.3 is 5.97 Å². The fourth-order valence-electron chi connectivity index (χ4n) is 3.40. The van der Waals surface area contributed by atoms with E-state index in [4.69, 9.17) is 49.4 Å². The molecule has 0 aliphatic carbocycles. The fraction of sp³-hybridized carbons (Fsp3) is 0.167. The lowest BCUT2D eigenvalue weighted by Crippen LogP contribution is -2.22.